The fourth-order valence-corrected chi connectivity index (χ4v) is 2.39. The Morgan fingerprint density at radius 2 is 2.00 bits per heavy atom. The summed E-state index contributed by atoms with van der Waals surface area (Å²) in [4.78, 5) is 0. The molecule has 1 saturated heterocycles. The average molecular weight is 255 g/mol. The summed E-state index contributed by atoms with van der Waals surface area (Å²) in [5.41, 5.74) is 3.61. The van der Waals surface area contributed by atoms with Crippen molar-refractivity contribution in [1.82, 2.24) is 0 Å². The van der Waals surface area contributed by atoms with Gasteiger partial charge < -0.3 is 9.47 Å². The fraction of sp³-hybridized carbons (Fsp3) is 0.571. The molecule has 1 fully saturated rings. The highest BCUT2D eigenvalue weighted by Gasteiger charge is 2.20. The zero-order valence-corrected chi connectivity index (χ0v) is 11.4. The Balaban J connectivity index is 2.08. The lowest BCUT2D eigenvalue weighted by atomic mass is 10.00. The van der Waals surface area contributed by atoms with Gasteiger partial charge in [0.2, 0.25) is 0 Å². The Hall–Kier alpha value is -0.570. The number of rotatable bonds is 2. The van der Waals surface area contributed by atoms with Gasteiger partial charge in [0.1, 0.15) is 0 Å². The van der Waals surface area contributed by atoms with Crippen molar-refractivity contribution in [3.8, 4) is 0 Å². The van der Waals surface area contributed by atoms with Crippen LogP contribution in [0.1, 0.15) is 23.6 Å². The number of halogens is 1. The third kappa shape index (κ3) is 3.21. The molecule has 0 radical (unpaired) electrons. The van der Waals surface area contributed by atoms with Crippen LogP contribution in [0.5, 0.6) is 0 Å². The average Bonchev–Trinajstić information content (AvgIpc) is 2.28. The number of benzene rings is 1. The van der Waals surface area contributed by atoms with Crippen LogP contribution in [0.25, 0.3) is 0 Å². The van der Waals surface area contributed by atoms with Crippen LogP contribution in [0.15, 0.2) is 12.1 Å². The molecule has 2 nitrogen and oxygen atoms in total. The van der Waals surface area contributed by atoms with E-state index in [0.29, 0.717) is 13.2 Å². The first kappa shape index (κ1) is 12.9. The van der Waals surface area contributed by atoms with E-state index in [2.05, 4.69) is 19.9 Å². The lowest BCUT2D eigenvalue weighted by Crippen LogP contribution is -2.35. The van der Waals surface area contributed by atoms with Gasteiger partial charge in [-0.05, 0) is 43.5 Å². The largest absolute Gasteiger partial charge is 0.373 e. The summed E-state index contributed by atoms with van der Waals surface area (Å²) in [7, 11) is 0. The maximum absolute atomic E-state index is 6.19. The van der Waals surface area contributed by atoms with Crippen molar-refractivity contribution in [2.24, 2.45) is 0 Å². The van der Waals surface area contributed by atoms with Gasteiger partial charge in [-0.2, -0.15) is 0 Å². The molecule has 0 saturated carbocycles. The smallest absolute Gasteiger partial charge is 0.0850 e. The molecule has 0 unspecified atom stereocenters. The Kier molecular flexibility index (Phi) is 4.08. The van der Waals surface area contributed by atoms with Crippen LogP contribution in [0.4, 0.5) is 0 Å². The Bertz CT molecular complexity index is 395. The summed E-state index contributed by atoms with van der Waals surface area (Å²) in [6, 6.07) is 4.18. The first-order valence-electron chi connectivity index (χ1n) is 6.05. The number of hydrogen-bond acceptors (Lipinski definition) is 2. The number of hydrogen-bond donors (Lipinski definition) is 0. The van der Waals surface area contributed by atoms with Gasteiger partial charge in [0.15, 0.2) is 0 Å². The lowest BCUT2D eigenvalue weighted by molar-refractivity contribution is -0.125. The molecule has 0 N–H and O–H groups in total. The van der Waals surface area contributed by atoms with E-state index in [9.17, 15) is 0 Å². The van der Waals surface area contributed by atoms with Gasteiger partial charge in [-0.15, -0.1) is 0 Å². The standard InChI is InChI=1S/C14H19ClO2/c1-9-4-12(11(3)14(15)5-9)6-13-8-16-10(2)7-17-13/h4-5,10,13H,6-8H2,1-3H3/t10-,13-/m1/s1. The predicted molar refractivity (Wildman–Crippen MR) is 69.8 cm³/mol. The maximum Gasteiger partial charge on any atom is 0.0850 e. The van der Waals surface area contributed by atoms with Crippen molar-refractivity contribution in [3.63, 3.8) is 0 Å². The zero-order chi connectivity index (χ0) is 12.4. The second-order valence-corrected chi connectivity index (χ2v) is 5.24. The summed E-state index contributed by atoms with van der Waals surface area (Å²) in [5, 5.41) is 0.838. The second-order valence-electron chi connectivity index (χ2n) is 4.83. The van der Waals surface area contributed by atoms with E-state index in [1.165, 1.54) is 11.1 Å². The third-order valence-corrected chi connectivity index (χ3v) is 3.57. The second kappa shape index (κ2) is 5.38. The molecule has 1 aromatic carbocycles. The van der Waals surface area contributed by atoms with Crippen molar-refractivity contribution < 1.29 is 9.47 Å². The van der Waals surface area contributed by atoms with E-state index in [-0.39, 0.29) is 12.2 Å². The highest BCUT2D eigenvalue weighted by Crippen LogP contribution is 2.23. The first-order valence-corrected chi connectivity index (χ1v) is 6.43. The van der Waals surface area contributed by atoms with Gasteiger partial charge in [-0.3, -0.25) is 0 Å². The third-order valence-electron chi connectivity index (χ3n) is 3.18. The van der Waals surface area contributed by atoms with Crippen LogP contribution in [0.3, 0.4) is 0 Å². The van der Waals surface area contributed by atoms with Crippen LogP contribution in [0, 0.1) is 13.8 Å². The number of aryl methyl sites for hydroxylation is 1. The Morgan fingerprint density at radius 1 is 1.24 bits per heavy atom. The molecule has 2 atom stereocenters. The van der Waals surface area contributed by atoms with Gasteiger partial charge in [0.25, 0.3) is 0 Å². The monoisotopic (exact) mass is 254 g/mol. The van der Waals surface area contributed by atoms with E-state index < -0.39 is 0 Å². The van der Waals surface area contributed by atoms with Crippen LogP contribution in [0.2, 0.25) is 5.02 Å². The Labute approximate surface area is 108 Å². The molecule has 0 aliphatic carbocycles. The highest BCUT2D eigenvalue weighted by molar-refractivity contribution is 6.31. The minimum Gasteiger partial charge on any atom is -0.373 e. The van der Waals surface area contributed by atoms with Gasteiger partial charge in [0.05, 0.1) is 25.4 Å². The molecule has 1 aromatic rings. The van der Waals surface area contributed by atoms with Crippen molar-refractivity contribution in [2.75, 3.05) is 13.2 Å². The van der Waals surface area contributed by atoms with Gasteiger partial charge in [-0.1, -0.05) is 17.7 Å². The molecule has 94 valence electrons. The normalized spacial score (nSPS) is 24.9. The van der Waals surface area contributed by atoms with E-state index >= 15 is 0 Å². The van der Waals surface area contributed by atoms with E-state index in [0.717, 1.165) is 17.0 Å². The molecule has 0 amide bonds. The minimum absolute atomic E-state index is 0.155. The van der Waals surface area contributed by atoms with Crippen molar-refractivity contribution in [1.29, 1.82) is 0 Å². The zero-order valence-electron chi connectivity index (χ0n) is 10.6. The van der Waals surface area contributed by atoms with Crippen molar-refractivity contribution >= 4 is 11.6 Å². The minimum atomic E-state index is 0.155. The van der Waals surface area contributed by atoms with Gasteiger partial charge >= 0.3 is 0 Å². The molecule has 1 aliphatic heterocycles. The molecule has 1 aliphatic rings. The van der Waals surface area contributed by atoms with E-state index in [1.807, 2.05) is 13.0 Å². The molecule has 0 bridgehead atoms. The van der Waals surface area contributed by atoms with E-state index in [4.69, 9.17) is 21.1 Å². The molecule has 1 heterocycles. The van der Waals surface area contributed by atoms with Crippen molar-refractivity contribution in [3.05, 3.63) is 33.8 Å². The van der Waals surface area contributed by atoms with Crippen LogP contribution in [-0.2, 0) is 15.9 Å². The molecular weight excluding hydrogens is 236 g/mol. The van der Waals surface area contributed by atoms with Crippen molar-refractivity contribution in [2.45, 2.75) is 39.4 Å². The quantitative estimate of drug-likeness (QED) is 0.806. The summed E-state index contributed by atoms with van der Waals surface area (Å²) in [5.74, 6) is 0. The van der Waals surface area contributed by atoms with Crippen LogP contribution in [-0.4, -0.2) is 25.4 Å². The number of ether oxygens (including phenoxy) is 2. The predicted octanol–water partition coefficient (Wildman–Crippen LogP) is 3.30. The topological polar surface area (TPSA) is 18.5 Å². The lowest BCUT2D eigenvalue weighted by Gasteiger charge is -2.28. The summed E-state index contributed by atoms with van der Waals surface area (Å²) in [6.45, 7) is 7.51. The molecular formula is C14H19ClO2. The molecule has 0 spiro atoms. The van der Waals surface area contributed by atoms with Crippen LogP contribution < -0.4 is 0 Å². The summed E-state index contributed by atoms with van der Waals surface area (Å²) >= 11 is 6.19. The first-order chi connectivity index (χ1) is 8.06. The molecule has 17 heavy (non-hydrogen) atoms. The fourth-order valence-electron chi connectivity index (χ4n) is 2.10. The molecule has 3 heteroatoms. The Morgan fingerprint density at radius 3 is 2.65 bits per heavy atom. The molecule has 2 rings (SSSR count). The summed E-state index contributed by atoms with van der Waals surface area (Å²) in [6.07, 6.45) is 1.25. The highest BCUT2D eigenvalue weighted by atomic mass is 35.5. The van der Waals surface area contributed by atoms with E-state index in [1.54, 1.807) is 0 Å². The summed E-state index contributed by atoms with van der Waals surface area (Å²) < 4.78 is 11.4. The maximum atomic E-state index is 6.19. The SMILES string of the molecule is Cc1cc(Cl)c(C)c(C[C@@H]2CO[C@H](C)CO2)c1. The van der Waals surface area contributed by atoms with Gasteiger partial charge in [0, 0.05) is 11.4 Å². The van der Waals surface area contributed by atoms with Crippen LogP contribution >= 0.6 is 11.6 Å². The molecule has 0 aromatic heterocycles. The van der Waals surface area contributed by atoms with Gasteiger partial charge in [-0.25, -0.2) is 0 Å².